The number of rotatable bonds is 5. The van der Waals surface area contributed by atoms with Gasteiger partial charge in [0.05, 0.1) is 13.0 Å². The number of carbonyl (C=O) groups is 1. The quantitative estimate of drug-likeness (QED) is 0.790. The third-order valence-corrected chi connectivity index (χ3v) is 3.99. The van der Waals surface area contributed by atoms with Gasteiger partial charge in [0.2, 0.25) is 0 Å². The summed E-state index contributed by atoms with van der Waals surface area (Å²) in [7, 11) is 1.61. The Labute approximate surface area is 129 Å². The van der Waals surface area contributed by atoms with E-state index in [-0.39, 0.29) is 18.5 Å². The molecule has 22 heavy (non-hydrogen) atoms. The fourth-order valence-electron chi connectivity index (χ4n) is 2.79. The van der Waals surface area contributed by atoms with E-state index >= 15 is 0 Å². The first-order chi connectivity index (χ1) is 10.8. The lowest BCUT2D eigenvalue weighted by Gasteiger charge is -2.07. The number of carbonyl (C=O) groups excluding carboxylic acids is 1. The minimum Gasteiger partial charge on any atom is -0.496 e. The second-order valence-corrected chi connectivity index (χ2v) is 5.47. The minimum absolute atomic E-state index is 0.0524. The maximum absolute atomic E-state index is 11.9. The van der Waals surface area contributed by atoms with E-state index in [2.05, 4.69) is 5.16 Å². The molecule has 0 radical (unpaired) electrons. The third-order valence-electron chi connectivity index (χ3n) is 3.99. The van der Waals surface area contributed by atoms with Crippen molar-refractivity contribution in [2.75, 3.05) is 7.11 Å². The normalized spacial score (nSPS) is 15.0. The van der Waals surface area contributed by atoms with Gasteiger partial charge in [0, 0.05) is 11.6 Å². The van der Waals surface area contributed by atoms with Crippen LogP contribution < -0.4 is 4.74 Å². The van der Waals surface area contributed by atoms with Crippen LogP contribution in [-0.4, -0.2) is 18.2 Å². The van der Waals surface area contributed by atoms with Gasteiger partial charge in [-0.3, -0.25) is 4.79 Å². The number of ether oxygens (including phenoxy) is 2. The van der Waals surface area contributed by atoms with Crippen LogP contribution in [0.25, 0.3) is 11.3 Å². The Balaban J connectivity index is 1.65. The first-order valence-electron chi connectivity index (χ1n) is 7.53. The molecule has 1 aliphatic carbocycles. The van der Waals surface area contributed by atoms with Crippen LogP contribution in [0.15, 0.2) is 34.9 Å². The van der Waals surface area contributed by atoms with Crippen LogP contribution in [0.1, 0.15) is 31.4 Å². The summed E-state index contributed by atoms with van der Waals surface area (Å²) in [6, 6.07) is 9.35. The van der Waals surface area contributed by atoms with E-state index in [0.29, 0.717) is 11.5 Å². The molecule has 1 aromatic carbocycles. The fourth-order valence-corrected chi connectivity index (χ4v) is 2.79. The number of methoxy groups -OCH3 is 1. The third kappa shape index (κ3) is 3.13. The zero-order chi connectivity index (χ0) is 15.4. The fraction of sp³-hybridized carbons (Fsp3) is 0.412. The predicted molar refractivity (Wildman–Crippen MR) is 80.2 cm³/mol. The molecular weight excluding hydrogens is 282 g/mol. The van der Waals surface area contributed by atoms with Crippen molar-refractivity contribution in [1.29, 1.82) is 0 Å². The second-order valence-electron chi connectivity index (χ2n) is 5.47. The van der Waals surface area contributed by atoms with Crippen molar-refractivity contribution in [3.05, 3.63) is 36.1 Å². The van der Waals surface area contributed by atoms with Gasteiger partial charge in [-0.05, 0) is 25.0 Å². The maximum Gasteiger partial charge on any atom is 0.309 e. The molecule has 1 saturated carbocycles. The average Bonchev–Trinajstić information content (AvgIpc) is 3.24. The lowest BCUT2D eigenvalue weighted by molar-refractivity contribution is -0.150. The summed E-state index contributed by atoms with van der Waals surface area (Å²) < 4.78 is 15.9. The molecule has 0 atom stereocenters. The van der Waals surface area contributed by atoms with Crippen LogP contribution >= 0.6 is 0 Å². The van der Waals surface area contributed by atoms with Crippen molar-refractivity contribution in [2.45, 2.75) is 32.3 Å². The molecule has 0 unspecified atom stereocenters. The van der Waals surface area contributed by atoms with Gasteiger partial charge in [-0.15, -0.1) is 0 Å². The van der Waals surface area contributed by atoms with Gasteiger partial charge in [0.15, 0.2) is 12.4 Å². The standard InChI is InChI=1S/C17H19NO4/c1-20-16-9-5-4-8-14(16)15-10-13(22-18-15)11-21-17(19)12-6-2-3-7-12/h4-5,8-10,12H,2-3,6-7,11H2,1H3. The van der Waals surface area contributed by atoms with E-state index in [1.54, 1.807) is 13.2 Å². The molecule has 0 saturated heterocycles. The van der Waals surface area contributed by atoms with Crippen molar-refractivity contribution in [2.24, 2.45) is 5.92 Å². The van der Waals surface area contributed by atoms with E-state index in [9.17, 15) is 4.79 Å². The molecular formula is C17H19NO4. The summed E-state index contributed by atoms with van der Waals surface area (Å²) in [4.78, 5) is 11.9. The molecule has 1 heterocycles. The molecule has 5 nitrogen and oxygen atoms in total. The topological polar surface area (TPSA) is 61.6 Å². The Morgan fingerprint density at radius 3 is 2.86 bits per heavy atom. The first-order valence-corrected chi connectivity index (χ1v) is 7.53. The molecule has 1 fully saturated rings. The van der Waals surface area contributed by atoms with Gasteiger partial charge >= 0.3 is 5.97 Å². The molecule has 0 bridgehead atoms. The number of benzene rings is 1. The summed E-state index contributed by atoms with van der Waals surface area (Å²) in [6.45, 7) is 0.123. The van der Waals surface area contributed by atoms with Gasteiger partial charge in [-0.2, -0.15) is 0 Å². The van der Waals surface area contributed by atoms with Crippen LogP contribution in [0.5, 0.6) is 5.75 Å². The smallest absolute Gasteiger partial charge is 0.309 e. The van der Waals surface area contributed by atoms with E-state index in [0.717, 1.165) is 37.0 Å². The summed E-state index contributed by atoms with van der Waals surface area (Å²) >= 11 is 0. The molecule has 3 rings (SSSR count). The Morgan fingerprint density at radius 1 is 1.32 bits per heavy atom. The summed E-state index contributed by atoms with van der Waals surface area (Å²) in [5, 5.41) is 4.02. The van der Waals surface area contributed by atoms with Gasteiger partial charge in [-0.25, -0.2) is 0 Å². The highest BCUT2D eigenvalue weighted by atomic mass is 16.5. The SMILES string of the molecule is COc1ccccc1-c1cc(COC(=O)C2CCCC2)on1. The molecule has 116 valence electrons. The number of hydrogen-bond donors (Lipinski definition) is 0. The Hall–Kier alpha value is -2.30. The summed E-state index contributed by atoms with van der Waals surface area (Å²) in [5.41, 5.74) is 1.52. The van der Waals surface area contributed by atoms with Crippen molar-refractivity contribution in [3.63, 3.8) is 0 Å². The number of esters is 1. The molecule has 0 spiro atoms. The number of hydrogen-bond acceptors (Lipinski definition) is 5. The van der Waals surface area contributed by atoms with Crippen LogP contribution in [0.2, 0.25) is 0 Å². The van der Waals surface area contributed by atoms with Crippen molar-refractivity contribution in [3.8, 4) is 17.0 Å². The zero-order valence-electron chi connectivity index (χ0n) is 12.6. The van der Waals surface area contributed by atoms with Crippen LogP contribution in [-0.2, 0) is 16.1 Å². The van der Waals surface area contributed by atoms with E-state index in [1.807, 2.05) is 24.3 Å². The van der Waals surface area contributed by atoms with E-state index in [4.69, 9.17) is 14.0 Å². The van der Waals surface area contributed by atoms with Gasteiger partial charge in [-0.1, -0.05) is 30.1 Å². The van der Waals surface area contributed by atoms with E-state index in [1.165, 1.54) is 0 Å². The van der Waals surface area contributed by atoms with Crippen LogP contribution in [0.4, 0.5) is 0 Å². The van der Waals surface area contributed by atoms with E-state index < -0.39 is 0 Å². The summed E-state index contributed by atoms with van der Waals surface area (Å²) in [5.74, 6) is 1.18. The lowest BCUT2D eigenvalue weighted by atomic mass is 10.1. The highest BCUT2D eigenvalue weighted by Gasteiger charge is 2.24. The number of para-hydroxylation sites is 1. The first kappa shape index (κ1) is 14.6. The van der Waals surface area contributed by atoms with Crippen LogP contribution in [0, 0.1) is 5.92 Å². The van der Waals surface area contributed by atoms with Gasteiger partial charge < -0.3 is 14.0 Å². The molecule has 1 aromatic heterocycles. The molecule has 1 aliphatic rings. The predicted octanol–water partition coefficient (Wildman–Crippen LogP) is 3.58. The van der Waals surface area contributed by atoms with Gasteiger partial charge in [0.25, 0.3) is 0 Å². The molecule has 0 amide bonds. The number of aromatic nitrogens is 1. The minimum atomic E-state index is -0.132. The zero-order valence-corrected chi connectivity index (χ0v) is 12.6. The highest BCUT2D eigenvalue weighted by molar-refractivity contribution is 5.72. The van der Waals surface area contributed by atoms with Crippen LogP contribution in [0.3, 0.4) is 0 Å². The van der Waals surface area contributed by atoms with Crippen molar-refractivity contribution < 1.29 is 18.8 Å². The Morgan fingerprint density at radius 2 is 2.09 bits per heavy atom. The van der Waals surface area contributed by atoms with Crippen molar-refractivity contribution >= 4 is 5.97 Å². The monoisotopic (exact) mass is 301 g/mol. The highest BCUT2D eigenvalue weighted by Crippen LogP contribution is 2.29. The Bertz CT molecular complexity index is 644. The second kappa shape index (κ2) is 6.64. The largest absolute Gasteiger partial charge is 0.496 e. The molecule has 0 N–H and O–H groups in total. The molecule has 5 heteroatoms. The molecule has 2 aromatic rings. The number of nitrogens with zero attached hydrogens (tertiary/aromatic N) is 1. The maximum atomic E-state index is 11.9. The van der Waals surface area contributed by atoms with Gasteiger partial charge in [0.1, 0.15) is 11.4 Å². The summed E-state index contributed by atoms with van der Waals surface area (Å²) in [6.07, 6.45) is 4.09. The Kier molecular flexibility index (Phi) is 4.42. The molecule has 0 aliphatic heterocycles. The average molecular weight is 301 g/mol. The lowest BCUT2D eigenvalue weighted by Crippen LogP contribution is -2.14. The van der Waals surface area contributed by atoms with Crippen molar-refractivity contribution in [1.82, 2.24) is 5.16 Å².